The molecular weight excluding hydrogens is 230 g/mol. The molecule has 18 heavy (non-hydrogen) atoms. The molecule has 1 aromatic carbocycles. The van der Waals surface area contributed by atoms with Crippen molar-refractivity contribution in [1.82, 2.24) is 0 Å². The Morgan fingerprint density at radius 1 is 1.44 bits per heavy atom. The van der Waals surface area contributed by atoms with Crippen LogP contribution in [0.2, 0.25) is 0 Å². The second-order valence-corrected chi connectivity index (χ2v) is 5.18. The molecule has 1 saturated heterocycles. The average molecular weight is 251 g/mol. The number of nitrogens with zero attached hydrogens (tertiary/aromatic N) is 1. The molecular formula is C14H21NO3. The second kappa shape index (κ2) is 5.16. The normalized spacial score (nSPS) is 17.1. The molecule has 0 unspecified atom stereocenters. The second-order valence-electron chi connectivity index (χ2n) is 5.18. The third-order valence-electron chi connectivity index (χ3n) is 3.47. The fourth-order valence-electron chi connectivity index (χ4n) is 2.31. The number of aliphatic hydroxyl groups is 1. The van der Waals surface area contributed by atoms with Crippen LogP contribution in [-0.4, -0.2) is 45.6 Å². The minimum Gasteiger partial charge on any atom is -0.495 e. The van der Waals surface area contributed by atoms with Gasteiger partial charge in [0.25, 0.3) is 0 Å². The van der Waals surface area contributed by atoms with Gasteiger partial charge in [0.05, 0.1) is 38.0 Å². The lowest BCUT2D eigenvalue weighted by Gasteiger charge is -2.43. The first-order valence-corrected chi connectivity index (χ1v) is 6.15. The van der Waals surface area contributed by atoms with Crippen LogP contribution in [-0.2, 0) is 4.74 Å². The number of methoxy groups -OCH3 is 1. The predicted octanol–water partition coefficient (Wildman–Crippen LogP) is 1.45. The third kappa shape index (κ3) is 2.44. The zero-order valence-electron chi connectivity index (χ0n) is 11.3. The summed E-state index contributed by atoms with van der Waals surface area (Å²) in [4.78, 5) is 2.13. The maximum Gasteiger partial charge on any atom is 0.142 e. The van der Waals surface area contributed by atoms with Crippen molar-refractivity contribution < 1.29 is 14.6 Å². The fourth-order valence-corrected chi connectivity index (χ4v) is 2.31. The van der Waals surface area contributed by atoms with Crippen molar-refractivity contribution in [2.75, 3.05) is 45.4 Å². The lowest BCUT2D eigenvalue weighted by atomic mass is 9.86. The Balaban J connectivity index is 2.17. The van der Waals surface area contributed by atoms with Crippen molar-refractivity contribution in [2.45, 2.75) is 6.92 Å². The highest BCUT2D eigenvalue weighted by Crippen LogP contribution is 2.33. The molecule has 100 valence electrons. The molecule has 0 spiro atoms. The van der Waals surface area contributed by atoms with E-state index in [1.165, 1.54) is 5.56 Å². The topological polar surface area (TPSA) is 41.9 Å². The van der Waals surface area contributed by atoms with E-state index in [0.29, 0.717) is 13.2 Å². The van der Waals surface area contributed by atoms with Gasteiger partial charge in [-0.15, -0.1) is 0 Å². The van der Waals surface area contributed by atoms with Gasteiger partial charge in [0, 0.05) is 13.6 Å². The molecule has 2 rings (SSSR count). The standard InChI is InChI=1S/C14H21NO3/c1-11-4-5-13(17-3)12(6-11)15(2)7-14(8-16)9-18-10-14/h4-6,16H,7-10H2,1-3H3. The van der Waals surface area contributed by atoms with Crippen molar-refractivity contribution >= 4 is 5.69 Å². The van der Waals surface area contributed by atoms with E-state index in [-0.39, 0.29) is 12.0 Å². The molecule has 1 aromatic rings. The zero-order valence-corrected chi connectivity index (χ0v) is 11.3. The molecule has 1 aliphatic heterocycles. The van der Waals surface area contributed by atoms with Crippen LogP contribution in [0.25, 0.3) is 0 Å². The van der Waals surface area contributed by atoms with E-state index >= 15 is 0 Å². The van der Waals surface area contributed by atoms with E-state index in [1.807, 2.05) is 19.2 Å². The lowest BCUT2D eigenvalue weighted by Crippen LogP contribution is -2.52. The van der Waals surface area contributed by atoms with Crippen LogP contribution in [0.1, 0.15) is 5.56 Å². The molecule has 0 bridgehead atoms. The van der Waals surface area contributed by atoms with Crippen LogP contribution in [0.15, 0.2) is 18.2 Å². The molecule has 1 N–H and O–H groups in total. The molecule has 1 aliphatic rings. The monoisotopic (exact) mass is 251 g/mol. The van der Waals surface area contributed by atoms with Gasteiger partial charge < -0.3 is 19.5 Å². The summed E-state index contributed by atoms with van der Waals surface area (Å²) in [6.45, 7) is 4.24. The number of aryl methyl sites for hydroxylation is 1. The summed E-state index contributed by atoms with van der Waals surface area (Å²) < 4.78 is 10.6. The molecule has 1 fully saturated rings. The summed E-state index contributed by atoms with van der Waals surface area (Å²) in [6.07, 6.45) is 0. The van der Waals surface area contributed by atoms with Gasteiger partial charge in [-0.1, -0.05) is 6.07 Å². The molecule has 0 atom stereocenters. The maximum absolute atomic E-state index is 9.48. The first kappa shape index (κ1) is 13.2. The van der Waals surface area contributed by atoms with Gasteiger partial charge in [-0.05, 0) is 24.6 Å². The zero-order chi connectivity index (χ0) is 13.2. The fraction of sp³-hybridized carbons (Fsp3) is 0.571. The summed E-state index contributed by atoms with van der Waals surface area (Å²) in [5, 5.41) is 9.48. The number of aliphatic hydroxyl groups excluding tert-OH is 1. The largest absolute Gasteiger partial charge is 0.495 e. The first-order valence-electron chi connectivity index (χ1n) is 6.15. The molecule has 0 amide bonds. The summed E-state index contributed by atoms with van der Waals surface area (Å²) >= 11 is 0. The summed E-state index contributed by atoms with van der Waals surface area (Å²) in [7, 11) is 3.70. The van der Waals surface area contributed by atoms with E-state index in [1.54, 1.807) is 7.11 Å². The molecule has 1 heterocycles. The summed E-state index contributed by atoms with van der Waals surface area (Å²) in [6, 6.07) is 6.11. The average Bonchev–Trinajstić information content (AvgIpc) is 2.33. The van der Waals surface area contributed by atoms with Gasteiger partial charge in [0.2, 0.25) is 0 Å². The maximum atomic E-state index is 9.48. The van der Waals surface area contributed by atoms with E-state index < -0.39 is 0 Å². The Labute approximate surface area is 108 Å². The van der Waals surface area contributed by atoms with Crippen molar-refractivity contribution in [3.05, 3.63) is 23.8 Å². The minimum absolute atomic E-state index is 0.122. The summed E-state index contributed by atoms with van der Waals surface area (Å²) in [5.41, 5.74) is 2.13. The van der Waals surface area contributed by atoms with Crippen LogP contribution < -0.4 is 9.64 Å². The Morgan fingerprint density at radius 2 is 2.17 bits per heavy atom. The first-order chi connectivity index (χ1) is 8.60. The number of hydrogen-bond acceptors (Lipinski definition) is 4. The number of hydrogen-bond donors (Lipinski definition) is 1. The van der Waals surface area contributed by atoms with Crippen LogP contribution in [0.4, 0.5) is 5.69 Å². The van der Waals surface area contributed by atoms with Crippen LogP contribution >= 0.6 is 0 Å². The van der Waals surface area contributed by atoms with Crippen molar-refractivity contribution in [3.63, 3.8) is 0 Å². The highest BCUT2D eigenvalue weighted by atomic mass is 16.5. The van der Waals surface area contributed by atoms with E-state index in [0.717, 1.165) is 18.0 Å². The Hall–Kier alpha value is -1.26. The SMILES string of the molecule is COc1ccc(C)cc1N(C)CC1(CO)COC1. The quantitative estimate of drug-likeness (QED) is 0.860. The molecule has 0 aliphatic carbocycles. The van der Waals surface area contributed by atoms with Crippen molar-refractivity contribution in [2.24, 2.45) is 5.41 Å². The molecule has 4 heteroatoms. The number of rotatable bonds is 5. The highest BCUT2D eigenvalue weighted by molar-refractivity contribution is 5.59. The van der Waals surface area contributed by atoms with Crippen LogP contribution in [0, 0.1) is 12.3 Å². The lowest BCUT2D eigenvalue weighted by molar-refractivity contribution is -0.130. The van der Waals surface area contributed by atoms with Crippen molar-refractivity contribution in [1.29, 1.82) is 0 Å². The van der Waals surface area contributed by atoms with Crippen LogP contribution in [0.5, 0.6) is 5.75 Å². The van der Waals surface area contributed by atoms with Gasteiger partial charge in [-0.3, -0.25) is 0 Å². The Morgan fingerprint density at radius 3 is 2.67 bits per heavy atom. The van der Waals surface area contributed by atoms with E-state index in [4.69, 9.17) is 9.47 Å². The number of ether oxygens (including phenoxy) is 2. The number of anilines is 1. The summed E-state index contributed by atoms with van der Waals surface area (Å²) in [5.74, 6) is 0.858. The smallest absolute Gasteiger partial charge is 0.142 e. The van der Waals surface area contributed by atoms with Crippen LogP contribution in [0.3, 0.4) is 0 Å². The molecule has 0 saturated carbocycles. The predicted molar refractivity (Wildman–Crippen MR) is 71.3 cm³/mol. The molecule has 4 nitrogen and oxygen atoms in total. The van der Waals surface area contributed by atoms with Crippen molar-refractivity contribution in [3.8, 4) is 5.75 Å². The highest BCUT2D eigenvalue weighted by Gasteiger charge is 2.39. The Bertz CT molecular complexity index is 410. The van der Waals surface area contributed by atoms with E-state index in [2.05, 4.69) is 17.9 Å². The van der Waals surface area contributed by atoms with Gasteiger partial charge in [0.1, 0.15) is 5.75 Å². The van der Waals surface area contributed by atoms with E-state index in [9.17, 15) is 5.11 Å². The molecule has 0 radical (unpaired) electrons. The van der Waals surface area contributed by atoms with Gasteiger partial charge in [-0.25, -0.2) is 0 Å². The minimum atomic E-state index is -0.122. The molecule has 0 aromatic heterocycles. The van der Waals surface area contributed by atoms with Gasteiger partial charge in [-0.2, -0.15) is 0 Å². The van der Waals surface area contributed by atoms with Gasteiger partial charge >= 0.3 is 0 Å². The third-order valence-corrected chi connectivity index (χ3v) is 3.47. The number of benzene rings is 1. The Kier molecular flexibility index (Phi) is 3.78. The van der Waals surface area contributed by atoms with Gasteiger partial charge in [0.15, 0.2) is 0 Å².